The van der Waals surface area contributed by atoms with Gasteiger partial charge >= 0.3 is 0 Å². The van der Waals surface area contributed by atoms with Crippen LogP contribution in [0.15, 0.2) is 30.5 Å². The molecule has 2 aliphatic heterocycles. The second-order valence-electron chi connectivity index (χ2n) is 7.45. The normalized spacial score (nSPS) is 21.5. The molecule has 2 fully saturated rings. The van der Waals surface area contributed by atoms with Crippen molar-refractivity contribution in [2.75, 3.05) is 33.9 Å². The third kappa shape index (κ3) is 4.36. The first kappa shape index (κ1) is 21.5. The van der Waals surface area contributed by atoms with Crippen molar-refractivity contribution in [1.29, 1.82) is 0 Å². The minimum Gasteiger partial charge on any atom is -0.497 e. The maximum absolute atomic E-state index is 13.2. The average molecular weight is 421 g/mol. The van der Waals surface area contributed by atoms with Crippen LogP contribution in [0.1, 0.15) is 53.8 Å². The molecular weight excluding hydrogens is 392 g/mol. The van der Waals surface area contributed by atoms with Crippen molar-refractivity contribution >= 4 is 18.3 Å². The van der Waals surface area contributed by atoms with Crippen LogP contribution in [0.4, 0.5) is 0 Å². The summed E-state index contributed by atoms with van der Waals surface area (Å²) in [6.07, 6.45) is 6.06. The number of aromatic nitrogens is 2. The third-order valence-electron chi connectivity index (χ3n) is 5.79. The lowest BCUT2D eigenvalue weighted by atomic mass is 10.0. The molecule has 3 heterocycles. The summed E-state index contributed by atoms with van der Waals surface area (Å²) in [4.78, 5) is 15.1. The monoisotopic (exact) mass is 420 g/mol. The average Bonchev–Trinajstić information content (AvgIpc) is 3.43. The Morgan fingerprint density at radius 2 is 2.03 bits per heavy atom. The van der Waals surface area contributed by atoms with Crippen LogP contribution < -0.4 is 14.8 Å². The molecule has 0 spiro atoms. The number of benzene rings is 1. The highest BCUT2D eigenvalue weighted by molar-refractivity contribution is 5.92. The molecule has 1 N–H and O–H groups in total. The van der Waals surface area contributed by atoms with Crippen LogP contribution in [0.3, 0.4) is 0 Å². The summed E-state index contributed by atoms with van der Waals surface area (Å²) >= 11 is 0. The minimum atomic E-state index is -0.0112. The van der Waals surface area contributed by atoms with Crippen LogP contribution in [0.2, 0.25) is 0 Å². The van der Waals surface area contributed by atoms with Gasteiger partial charge in [-0.15, -0.1) is 12.4 Å². The molecule has 2 aliphatic rings. The van der Waals surface area contributed by atoms with Crippen LogP contribution in [0.25, 0.3) is 0 Å². The van der Waals surface area contributed by atoms with Gasteiger partial charge in [0.05, 0.1) is 26.3 Å². The molecule has 1 aromatic heterocycles. The predicted octanol–water partition coefficient (Wildman–Crippen LogP) is 3.22. The number of likely N-dealkylation sites (tertiary alicyclic amines) is 1. The lowest BCUT2D eigenvalue weighted by Gasteiger charge is -2.26. The van der Waals surface area contributed by atoms with Crippen LogP contribution in [-0.2, 0) is 0 Å². The van der Waals surface area contributed by atoms with E-state index in [0.29, 0.717) is 11.7 Å². The van der Waals surface area contributed by atoms with Crippen LogP contribution in [0, 0.1) is 0 Å². The van der Waals surface area contributed by atoms with E-state index in [1.54, 1.807) is 14.2 Å². The van der Waals surface area contributed by atoms with Crippen molar-refractivity contribution in [2.24, 2.45) is 0 Å². The van der Waals surface area contributed by atoms with E-state index in [2.05, 4.69) is 10.4 Å². The molecule has 0 saturated carbocycles. The van der Waals surface area contributed by atoms with Crippen LogP contribution in [-0.4, -0.2) is 54.4 Å². The van der Waals surface area contributed by atoms with Crippen molar-refractivity contribution in [3.8, 4) is 11.5 Å². The van der Waals surface area contributed by atoms with Gasteiger partial charge in [-0.05, 0) is 50.4 Å². The van der Waals surface area contributed by atoms with Gasteiger partial charge in [0, 0.05) is 30.9 Å². The van der Waals surface area contributed by atoms with Gasteiger partial charge in [-0.1, -0.05) is 0 Å². The van der Waals surface area contributed by atoms with Gasteiger partial charge in [0.2, 0.25) is 0 Å². The molecule has 2 atom stereocenters. The topological polar surface area (TPSA) is 68.6 Å². The number of nitrogens with one attached hydrogen (secondary N) is 1. The number of rotatable bonds is 5. The van der Waals surface area contributed by atoms with Gasteiger partial charge in [-0.25, -0.2) is 0 Å². The molecular formula is C21H29ClN4O3. The summed E-state index contributed by atoms with van der Waals surface area (Å²) in [5.41, 5.74) is 1.54. The second kappa shape index (κ2) is 9.50. The fraction of sp³-hybridized carbons (Fsp3) is 0.524. The molecule has 7 nitrogen and oxygen atoms in total. The van der Waals surface area contributed by atoms with E-state index in [1.807, 2.05) is 40.0 Å². The smallest absolute Gasteiger partial charge is 0.274 e. The molecule has 0 aliphatic carbocycles. The van der Waals surface area contributed by atoms with Crippen LogP contribution in [0.5, 0.6) is 11.5 Å². The van der Waals surface area contributed by atoms with Gasteiger partial charge in [-0.2, -0.15) is 5.10 Å². The fourth-order valence-electron chi connectivity index (χ4n) is 4.29. The van der Waals surface area contributed by atoms with E-state index >= 15 is 0 Å². The first-order valence-corrected chi connectivity index (χ1v) is 10.00. The van der Waals surface area contributed by atoms with Crippen molar-refractivity contribution in [1.82, 2.24) is 20.0 Å². The molecule has 29 heavy (non-hydrogen) atoms. The Labute approximate surface area is 177 Å². The van der Waals surface area contributed by atoms with E-state index in [1.165, 1.54) is 0 Å². The number of amides is 1. The number of methoxy groups -OCH3 is 2. The molecule has 1 aromatic carbocycles. The Morgan fingerprint density at radius 1 is 1.17 bits per heavy atom. The number of hydrogen-bond acceptors (Lipinski definition) is 5. The molecule has 1 amide bonds. The maximum Gasteiger partial charge on any atom is 0.274 e. The highest BCUT2D eigenvalue weighted by Gasteiger charge is 2.33. The van der Waals surface area contributed by atoms with Crippen molar-refractivity contribution in [2.45, 2.75) is 37.8 Å². The Kier molecular flexibility index (Phi) is 7.03. The summed E-state index contributed by atoms with van der Waals surface area (Å²) in [7, 11) is 3.29. The first-order valence-electron chi connectivity index (χ1n) is 10.00. The quantitative estimate of drug-likeness (QED) is 0.804. The van der Waals surface area contributed by atoms with Crippen molar-refractivity contribution < 1.29 is 14.3 Å². The van der Waals surface area contributed by atoms with E-state index in [-0.39, 0.29) is 24.4 Å². The molecule has 0 bridgehead atoms. The second-order valence-corrected chi connectivity index (χ2v) is 7.45. The zero-order valence-electron chi connectivity index (χ0n) is 17.0. The zero-order valence-corrected chi connectivity index (χ0v) is 17.8. The van der Waals surface area contributed by atoms with E-state index < -0.39 is 0 Å². The van der Waals surface area contributed by atoms with E-state index in [9.17, 15) is 4.79 Å². The number of piperidine rings is 1. The minimum absolute atomic E-state index is 0. The number of halogens is 1. The van der Waals surface area contributed by atoms with Gasteiger partial charge in [0.1, 0.15) is 17.2 Å². The zero-order chi connectivity index (χ0) is 19.5. The number of hydrogen-bond donors (Lipinski definition) is 1. The van der Waals surface area contributed by atoms with Crippen molar-refractivity contribution in [3.05, 3.63) is 41.7 Å². The number of carbonyl (C=O) groups is 1. The van der Waals surface area contributed by atoms with Gasteiger partial charge < -0.3 is 19.7 Å². The summed E-state index contributed by atoms with van der Waals surface area (Å²) in [6, 6.07) is 7.96. The number of carbonyl (C=O) groups excluding carboxylic acids is 1. The molecule has 2 aromatic rings. The lowest BCUT2D eigenvalue weighted by Crippen LogP contribution is -2.33. The van der Waals surface area contributed by atoms with Gasteiger partial charge in [0.25, 0.3) is 5.91 Å². The fourth-order valence-corrected chi connectivity index (χ4v) is 4.29. The van der Waals surface area contributed by atoms with E-state index in [0.717, 1.165) is 62.4 Å². The Balaban J connectivity index is 0.00000240. The van der Waals surface area contributed by atoms with E-state index in [4.69, 9.17) is 9.47 Å². The molecule has 2 unspecified atom stereocenters. The lowest BCUT2D eigenvalue weighted by molar-refractivity contribution is 0.0726. The third-order valence-corrected chi connectivity index (χ3v) is 5.79. The SMILES string of the molecule is COc1ccc(C2CCCN2C(=O)c2ccn(C3CCCNC3)n2)c(OC)c1.Cl. The largest absolute Gasteiger partial charge is 0.497 e. The molecule has 158 valence electrons. The molecule has 8 heteroatoms. The van der Waals surface area contributed by atoms with Crippen LogP contribution >= 0.6 is 12.4 Å². The Hall–Kier alpha value is -2.25. The number of nitrogens with zero attached hydrogens (tertiary/aromatic N) is 3. The molecule has 0 radical (unpaired) electrons. The number of ether oxygens (including phenoxy) is 2. The molecule has 4 rings (SSSR count). The van der Waals surface area contributed by atoms with Gasteiger partial charge in [0.15, 0.2) is 0 Å². The first-order chi connectivity index (χ1) is 13.7. The highest BCUT2D eigenvalue weighted by Crippen LogP contribution is 2.39. The molecule has 2 saturated heterocycles. The summed E-state index contributed by atoms with van der Waals surface area (Å²) in [5.74, 6) is 1.49. The summed E-state index contributed by atoms with van der Waals surface area (Å²) in [6.45, 7) is 2.70. The van der Waals surface area contributed by atoms with Crippen molar-refractivity contribution in [3.63, 3.8) is 0 Å². The summed E-state index contributed by atoms with van der Waals surface area (Å²) < 4.78 is 12.8. The van der Waals surface area contributed by atoms with Gasteiger partial charge in [-0.3, -0.25) is 9.48 Å². The highest BCUT2D eigenvalue weighted by atomic mass is 35.5. The Bertz CT molecular complexity index is 835. The Morgan fingerprint density at radius 3 is 2.76 bits per heavy atom. The maximum atomic E-state index is 13.2. The standard InChI is InChI=1S/C21H28N4O3.ClH/c1-27-16-7-8-17(20(13-16)28-2)19-6-4-11-24(19)21(26)18-9-12-25(23-18)15-5-3-10-22-14-15;/h7-9,12-13,15,19,22H,3-6,10-11,14H2,1-2H3;1H. The predicted molar refractivity (Wildman–Crippen MR) is 113 cm³/mol. The summed E-state index contributed by atoms with van der Waals surface area (Å²) in [5, 5.41) is 8.01.